The lowest BCUT2D eigenvalue weighted by molar-refractivity contribution is -0.143. The summed E-state index contributed by atoms with van der Waals surface area (Å²) in [7, 11) is 0. The highest BCUT2D eigenvalue weighted by molar-refractivity contribution is 6.23. The standard InChI is InChI=1S/C18H19NO3/c1-2-10-4-3-5-12(8-10)19-17(21)15-11-6-7-13(14(20)9-11)16(15)18(19)22/h3-5,8,11,13,15-16H,2,6-7,9H2,1H3/t11-,13+,15+,16-/m1/s1. The van der Waals surface area contributed by atoms with Crippen LogP contribution in [0, 0.1) is 23.7 Å². The molecule has 1 heterocycles. The van der Waals surface area contributed by atoms with Crippen molar-refractivity contribution in [1.82, 2.24) is 0 Å². The molecule has 4 atom stereocenters. The average Bonchev–Trinajstić information content (AvgIpc) is 2.81. The maximum atomic E-state index is 12.8. The number of anilines is 1. The quantitative estimate of drug-likeness (QED) is 0.787. The van der Waals surface area contributed by atoms with Gasteiger partial charge in [0.25, 0.3) is 0 Å². The predicted octanol–water partition coefficient (Wildman–Crippen LogP) is 2.35. The fraction of sp³-hybridized carbons (Fsp3) is 0.500. The zero-order chi connectivity index (χ0) is 15.4. The van der Waals surface area contributed by atoms with Crippen molar-refractivity contribution in [3.05, 3.63) is 29.8 Å². The molecule has 5 rings (SSSR count). The van der Waals surface area contributed by atoms with E-state index in [-0.39, 0.29) is 35.4 Å². The van der Waals surface area contributed by atoms with Crippen LogP contribution in [-0.2, 0) is 20.8 Å². The Morgan fingerprint density at radius 2 is 1.86 bits per heavy atom. The molecule has 4 nitrogen and oxygen atoms in total. The van der Waals surface area contributed by atoms with Crippen LogP contribution in [-0.4, -0.2) is 17.6 Å². The number of aryl methyl sites for hydroxylation is 1. The molecular formula is C18H19NO3. The van der Waals surface area contributed by atoms with Gasteiger partial charge in [0.1, 0.15) is 5.78 Å². The first-order valence-corrected chi connectivity index (χ1v) is 8.11. The van der Waals surface area contributed by atoms with Crippen LogP contribution in [0.2, 0.25) is 0 Å². The van der Waals surface area contributed by atoms with Gasteiger partial charge in [0, 0.05) is 12.3 Å². The smallest absolute Gasteiger partial charge is 0.238 e. The molecule has 114 valence electrons. The Labute approximate surface area is 129 Å². The normalized spacial score (nSPS) is 33.5. The maximum Gasteiger partial charge on any atom is 0.238 e. The first-order chi connectivity index (χ1) is 10.6. The molecule has 4 aliphatic rings. The van der Waals surface area contributed by atoms with E-state index in [4.69, 9.17) is 0 Å². The first kappa shape index (κ1) is 13.7. The van der Waals surface area contributed by atoms with Crippen LogP contribution in [0.4, 0.5) is 5.69 Å². The fourth-order valence-corrected chi connectivity index (χ4v) is 4.55. The minimum absolute atomic E-state index is 0.0679. The molecule has 4 heteroatoms. The van der Waals surface area contributed by atoms with Gasteiger partial charge < -0.3 is 0 Å². The molecule has 1 aliphatic heterocycles. The minimum Gasteiger partial charge on any atom is -0.299 e. The van der Waals surface area contributed by atoms with Crippen LogP contribution in [0.1, 0.15) is 31.7 Å². The van der Waals surface area contributed by atoms with Gasteiger partial charge in [-0.2, -0.15) is 0 Å². The minimum atomic E-state index is -0.405. The van der Waals surface area contributed by atoms with Crippen LogP contribution in [0.5, 0.6) is 0 Å². The van der Waals surface area contributed by atoms with Crippen LogP contribution < -0.4 is 4.90 Å². The molecule has 0 spiro atoms. The summed E-state index contributed by atoms with van der Waals surface area (Å²) in [5.74, 6) is -0.907. The molecule has 3 saturated carbocycles. The Hall–Kier alpha value is -1.97. The zero-order valence-electron chi connectivity index (χ0n) is 12.6. The lowest BCUT2D eigenvalue weighted by Gasteiger charge is -2.41. The highest BCUT2D eigenvalue weighted by Crippen LogP contribution is 2.52. The van der Waals surface area contributed by atoms with Crippen LogP contribution in [0.3, 0.4) is 0 Å². The zero-order valence-corrected chi connectivity index (χ0v) is 12.6. The van der Waals surface area contributed by atoms with Gasteiger partial charge in [0.05, 0.1) is 17.5 Å². The molecule has 3 aliphatic carbocycles. The molecule has 2 amide bonds. The predicted molar refractivity (Wildman–Crippen MR) is 81.1 cm³/mol. The first-order valence-electron chi connectivity index (χ1n) is 8.11. The number of hydrogen-bond donors (Lipinski definition) is 0. The average molecular weight is 297 g/mol. The van der Waals surface area contributed by atoms with Gasteiger partial charge in [0.2, 0.25) is 11.8 Å². The van der Waals surface area contributed by atoms with Gasteiger partial charge in [-0.1, -0.05) is 19.1 Å². The van der Waals surface area contributed by atoms with Crippen molar-refractivity contribution >= 4 is 23.3 Å². The fourth-order valence-electron chi connectivity index (χ4n) is 4.55. The number of carbonyl (C=O) groups excluding carboxylic acids is 3. The molecule has 0 radical (unpaired) electrons. The molecule has 1 aromatic rings. The summed E-state index contributed by atoms with van der Waals surface area (Å²) < 4.78 is 0. The van der Waals surface area contributed by atoms with E-state index in [1.807, 2.05) is 31.2 Å². The van der Waals surface area contributed by atoms with Crippen molar-refractivity contribution in [2.75, 3.05) is 4.90 Å². The number of nitrogens with zero attached hydrogens (tertiary/aromatic N) is 1. The lowest BCUT2D eigenvalue weighted by atomic mass is 9.59. The van der Waals surface area contributed by atoms with Crippen molar-refractivity contribution < 1.29 is 14.4 Å². The number of carbonyl (C=O) groups is 3. The van der Waals surface area contributed by atoms with E-state index in [2.05, 4.69) is 0 Å². The van der Waals surface area contributed by atoms with Crippen molar-refractivity contribution in [1.29, 1.82) is 0 Å². The number of hydrogen-bond acceptors (Lipinski definition) is 3. The molecule has 1 saturated heterocycles. The number of Topliss-reactive ketones (excluding diaryl/α,β-unsaturated/α-hetero) is 1. The Balaban J connectivity index is 1.75. The third kappa shape index (κ3) is 1.73. The maximum absolute atomic E-state index is 12.8. The summed E-state index contributed by atoms with van der Waals surface area (Å²) >= 11 is 0. The largest absolute Gasteiger partial charge is 0.299 e. The van der Waals surface area contributed by atoms with Crippen molar-refractivity contribution in [3.8, 4) is 0 Å². The summed E-state index contributed by atoms with van der Waals surface area (Å²) in [4.78, 5) is 39.1. The molecule has 0 aromatic heterocycles. The number of fused-ring (bicyclic) bond motifs is 2. The van der Waals surface area contributed by atoms with Gasteiger partial charge in [0.15, 0.2) is 0 Å². The Morgan fingerprint density at radius 3 is 2.59 bits per heavy atom. The van der Waals surface area contributed by atoms with Gasteiger partial charge in [-0.25, -0.2) is 0 Å². The molecule has 4 fully saturated rings. The number of rotatable bonds is 2. The van der Waals surface area contributed by atoms with Crippen molar-refractivity contribution in [2.45, 2.75) is 32.6 Å². The number of imide groups is 1. The summed E-state index contributed by atoms with van der Waals surface area (Å²) in [6, 6.07) is 7.61. The number of benzene rings is 1. The monoisotopic (exact) mass is 297 g/mol. The number of ketones is 1. The highest BCUT2D eigenvalue weighted by atomic mass is 16.2. The molecule has 0 unspecified atom stereocenters. The van der Waals surface area contributed by atoms with E-state index in [0.717, 1.165) is 24.8 Å². The van der Waals surface area contributed by atoms with E-state index < -0.39 is 5.92 Å². The topological polar surface area (TPSA) is 54.5 Å². The lowest BCUT2D eigenvalue weighted by Crippen LogP contribution is -2.46. The highest BCUT2D eigenvalue weighted by Gasteiger charge is 2.60. The van der Waals surface area contributed by atoms with E-state index in [1.54, 1.807) is 0 Å². The van der Waals surface area contributed by atoms with Crippen LogP contribution in [0.15, 0.2) is 24.3 Å². The second-order valence-electron chi connectivity index (χ2n) is 6.70. The summed E-state index contributed by atoms with van der Waals surface area (Å²) in [6.07, 6.45) is 3.01. The van der Waals surface area contributed by atoms with Crippen LogP contribution >= 0.6 is 0 Å². The Kier molecular flexibility index (Phi) is 2.96. The SMILES string of the molecule is CCc1cccc(N2C(=O)[C@H]3[C@@H]4CC[C@@H](C(=O)C4)[C@H]3C2=O)c1. The van der Waals surface area contributed by atoms with Crippen LogP contribution in [0.25, 0.3) is 0 Å². The van der Waals surface area contributed by atoms with Gasteiger partial charge in [-0.15, -0.1) is 0 Å². The molecule has 1 aromatic carbocycles. The summed E-state index contributed by atoms with van der Waals surface area (Å²) in [5.41, 5.74) is 1.77. The van der Waals surface area contributed by atoms with Crippen molar-refractivity contribution in [3.63, 3.8) is 0 Å². The van der Waals surface area contributed by atoms with E-state index in [9.17, 15) is 14.4 Å². The van der Waals surface area contributed by atoms with Crippen molar-refractivity contribution in [2.24, 2.45) is 23.7 Å². The third-order valence-electron chi connectivity index (χ3n) is 5.64. The van der Waals surface area contributed by atoms with E-state index in [1.165, 1.54) is 4.90 Å². The van der Waals surface area contributed by atoms with E-state index in [0.29, 0.717) is 12.1 Å². The van der Waals surface area contributed by atoms with E-state index >= 15 is 0 Å². The van der Waals surface area contributed by atoms with Gasteiger partial charge >= 0.3 is 0 Å². The molecule has 0 N–H and O–H groups in total. The number of amides is 2. The second-order valence-corrected chi connectivity index (χ2v) is 6.70. The Morgan fingerprint density at radius 1 is 1.09 bits per heavy atom. The Bertz CT molecular complexity index is 681. The third-order valence-corrected chi connectivity index (χ3v) is 5.64. The second kappa shape index (κ2) is 4.77. The van der Waals surface area contributed by atoms with Gasteiger partial charge in [-0.05, 0) is 42.9 Å². The molecule has 2 bridgehead atoms. The summed E-state index contributed by atoms with van der Waals surface area (Å²) in [5, 5.41) is 0. The molecule has 22 heavy (non-hydrogen) atoms. The van der Waals surface area contributed by atoms with Gasteiger partial charge in [-0.3, -0.25) is 19.3 Å². The molecular weight excluding hydrogens is 278 g/mol. The summed E-state index contributed by atoms with van der Waals surface area (Å²) in [6.45, 7) is 2.05.